The molecule has 3 unspecified atom stereocenters. The molecule has 4 rings (SSSR count). The van der Waals surface area contributed by atoms with Crippen LogP contribution in [-0.4, -0.2) is 33.4 Å². The summed E-state index contributed by atoms with van der Waals surface area (Å²) in [4.78, 5) is 11.5. The van der Waals surface area contributed by atoms with Gasteiger partial charge in [-0.05, 0) is 49.4 Å². The molecule has 1 aromatic heterocycles. The van der Waals surface area contributed by atoms with E-state index in [9.17, 15) is 4.79 Å². The Hall–Kier alpha value is -1.95. The molecule has 2 bridgehead atoms. The highest BCUT2D eigenvalue weighted by molar-refractivity contribution is 5.78. The quantitative estimate of drug-likeness (QED) is 0.750. The summed E-state index contributed by atoms with van der Waals surface area (Å²) < 4.78 is 0. The van der Waals surface area contributed by atoms with E-state index in [0.717, 1.165) is 36.8 Å². The number of piperidine rings is 1. The van der Waals surface area contributed by atoms with Crippen molar-refractivity contribution in [3.63, 3.8) is 0 Å². The van der Waals surface area contributed by atoms with Gasteiger partial charge in [0.15, 0.2) is 0 Å². The minimum Gasteiger partial charge on any atom is -0.369 e. The molecule has 1 aliphatic carbocycles. The summed E-state index contributed by atoms with van der Waals surface area (Å²) in [6.07, 6.45) is 2.80. The number of nitrogens with zero attached hydrogens (tertiary/aromatic N) is 2. The number of aromatic nitrogens is 3. The maximum atomic E-state index is 11.5. The number of hydrogen-bond donors (Lipinski definition) is 3. The normalized spacial score (nSPS) is 32.0. The summed E-state index contributed by atoms with van der Waals surface area (Å²) in [5.74, 6) is 0.292. The van der Waals surface area contributed by atoms with E-state index in [1.54, 1.807) is 0 Å². The number of carbonyl (C=O) groups excluding carboxylic acids is 1. The molecule has 1 aromatic carbocycles. The lowest BCUT2D eigenvalue weighted by Gasteiger charge is -2.30. The Balaban J connectivity index is 1.60. The van der Waals surface area contributed by atoms with Gasteiger partial charge in [0.2, 0.25) is 5.91 Å². The van der Waals surface area contributed by atoms with Gasteiger partial charge in [-0.2, -0.15) is 15.4 Å². The summed E-state index contributed by atoms with van der Waals surface area (Å²) in [7, 11) is 0. The minimum atomic E-state index is -0.148. The van der Waals surface area contributed by atoms with Crippen molar-refractivity contribution >= 4 is 16.9 Å². The number of aromatic amines is 1. The predicted octanol–water partition coefficient (Wildman–Crippen LogP) is 0.354. The standard InChI is InChI=1S/C14H17N5O/c15-13(20)10-6-14(5-9(10)7-16-14)4-8-1-2-11-12(3-8)18-19-17-11/h1-3,9-10,16H,4-7H2,(H2,15,20)(H,17,18,19). The van der Waals surface area contributed by atoms with Gasteiger partial charge in [-0.25, -0.2) is 0 Å². The average Bonchev–Trinajstić information content (AvgIpc) is 3.10. The molecule has 0 radical (unpaired) electrons. The summed E-state index contributed by atoms with van der Waals surface area (Å²) in [6, 6.07) is 6.14. The number of amides is 1. The first-order valence-electron chi connectivity index (χ1n) is 6.99. The molecule has 6 heteroatoms. The number of nitrogens with two attached hydrogens (primary N) is 1. The lowest BCUT2D eigenvalue weighted by Crippen LogP contribution is -2.46. The maximum absolute atomic E-state index is 11.5. The molecule has 2 heterocycles. The van der Waals surface area contributed by atoms with Crippen molar-refractivity contribution in [3.05, 3.63) is 23.8 Å². The molecule has 1 saturated heterocycles. The van der Waals surface area contributed by atoms with Crippen LogP contribution < -0.4 is 11.1 Å². The molecule has 4 N–H and O–H groups in total. The van der Waals surface area contributed by atoms with E-state index in [-0.39, 0.29) is 17.4 Å². The smallest absolute Gasteiger partial charge is 0.220 e. The Morgan fingerprint density at radius 2 is 2.20 bits per heavy atom. The van der Waals surface area contributed by atoms with Crippen LogP contribution in [0.15, 0.2) is 18.2 Å². The van der Waals surface area contributed by atoms with Crippen LogP contribution in [-0.2, 0) is 11.2 Å². The van der Waals surface area contributed by atoms with Crippen LogP contribution in [0.2, 0.25) is 0 Å². The second-order valence-electron chi connectivity index (χ2n) is 6.16. The third-order valence-corrected chi connectivity index (χ3v) is 4.86. The lowest BCUT2D eigenvalue weighted by atomic mass is 9.87. The van der Waals surface area contributed by atoms with Gasteiger partial charge < -0.3 is 11.1 Å². The molecule has 3 atom stereocenters. The molecular formula is C14H17N5O. The van der Waals surface area contributed by atoms with Crippen molar-refractivity contribution < 1.29 is 4.79 Å². The van der Waals surface area contributed by atoms with Crippen LogP contribution in [0.4, 0.5) is 0 Å². The second-order valence-corrected chi connectivity index (χ2v) is 6.16. The zero-order valence-corrected chi connectivity index (χ0v) is 11.1. The van der Waals surface area contributed by atoms with Crippen molar-refractivity contribution in [2.24, 2.45) is 17.6 Å². The van der Waals surface area contributed by atoms with Gasteiger partial charge in [0.1, 0.15) is 11.0 Å². The third kappa shape index (κ3) is 1.71. The fraction of sp³-hybridized carbons (Fsp3) is 0.500. The van der Waals surface area contributed by atoms with Gasteiger partial charge in [-0.1, -0.05) is 6.07 Å². The van der Waals surface area contributed by atoms with Crippen LogP contribution in [0.5, 0.6) is 0 Å². The van der Waals surface area contributed by atoms with Gasteiger partial charge in [0.25, 0.3) is 0 Å². The molecular weight excluding hydrogens is 254 g/mol. The fourth-order valence-corrected chi connectivity index (χ4v) is 3.95. The van der Waals surface area contributed by atoms with Gasteiger partial charge in [-0.3, -0.25) is 4.79 Å². The molecule has 1 aliphatic heterocycles. The number of benzene rings is 1. The van der Waals surface area contributed by atoms with Gasteiger partial charge in [0, 0.05) is 11.5 Å². The van der Waals surface area contributed by atoms with E-state index in [2.05, 4.69) is 32.9 Å². The number of rotatable bonds is 3. The predicted molar refractivity (Wildman–Crippen MR) is 73.7 cm³/mol. The molecule has 104 valence electrons. The molecule has 2 aromatic rings. The molecule has 1 saturated carbocycles. The largest absolute Gasteiger partial charge is 0.369 e. The lowest BCUT2D eigenvalue weighted by molar-refractivity contribution is -0.123. The molecule has 6 nitrogen and oxygen atoms in total. The van der Waals surface area contributed by atoms with Gasteiger partial charge in [0.05, 0.1) is 0 Å². The Bertz CT molecular complexity index is 681. The van der Waals surface area contributed by atoms with Gasteiger partial charge >= 0.3 is 0 Å². The van der Waals surface area contributed by atoms with Crippen LogP contribution in [0.3, 0.4) is 0 Å². The first-order valence-corrected chi connectivity index (χ1v) is 6.99. The number of hydrogen-bond acceptors (Lipinski definition) is 4. The SMILES string of the molecule is NC(=O)C1CC2(Cc3ccc4n[nH]nc4c3)CC1CN2. The summed E-state index contributed by atoms with van der Waals surface area (Å²) in [5, 5.41) is 14.4. The molecule has 2 fully saturated rings. The summed E-state index contributed by atoms with van der Waals surface area (Å²) in [5.41, 5.74) is 8.53. The molecule has 20 heavy (non-hydrogen) atoms. The third-order valence-electron chi connectivity index (χ3n) is 4.86. The van der Waals surface area contributed by atoms with Crippen LogP contribution in [0.25, 0.3) is 11.0 Å². The molecule has 1 amide bonds. The zero-order chi connectivity index (χ0) is 13.7. The number of H-pyrrole nitrogens is 1. The molecule has 2 aliphatic rings. The van der Waals surface area contributed by atoms with Crippen molar-refractivity contribution in [1.82, 2.24) is 20.7 Å². The van der Waals surface area contributed by atoms with Crippen molar-refractivity contribution in [3.8, 4) is 0 Å². The Labute approximate surface area is 116 Å². The zero-order valence-electron chi connectivity index (χ0n) is 11.1. The highest BCUT2D eigenvalue weighted by Crippen LogP contribution is 2.45. The first kappa shape index (κ1) is 11.8. The van der Waals surface area contributed by atoms with E-state index in [1.165, 1.54) is 5.56 Å². The monoisotopic (exact) mass is 271 g/mol. The maximum Gasteiger partial charge on any atom is 0.220 e. The van der Waals surface area contributed by atoms with Gasteiger partial charge in [-0.15, -0.1) is 0 Å². The summed E-state index contributed by atoms with van der Waals surface area (Å²) >= 11 is 0. The van der Waals surface area contributed by atoms with E-state index in [0.29, 0.717) is 5.92 Å². The number of nitrogens with one attached hydrogen (secondary N) is 2. The van der Waals surface area contributed by atoms with E-state index in [4.69, 9.17) is 5.73 Å². The Morgan fingerprint density at radius 1 is 1.35 bits per heavy atom. The highest BCUT2D eigenvalue weighted by Gasteiger charge is 2.52. The topological polar surface area (TPSA) is 96.7 Å². The van der Waals surface area contributed by atoms with Crippen LogP contribution in [0.1, 0.15) is 18.4 Å². The second kappa shape index (κ2) is 4.02. The van der Waals surface area contributed by atoms with E-state index >= 15 is 0 Å². The van der Waals surface area contributed by atoms with E-state index < -0.39 is 0 Å². The first-order chi connectivity index (χ1) is 9.65. The Kier molecular flexibility index (Phi) is 2.38. The van der Waals surface area contributed by atoms with Crippen LogP contribution >= 0.6 is 0 Å². The number of carbonyl (C=O) groups is 1. The van der Waals surface area contributed by atoms with Crippen molar-refractivity contribution in [2.45, 2.75) is 24.8 Å². The number of primary amides is 1. The summed E-state index contributed by atoms with van der Waals surface area (Å²) in [6.45, 7) is 0.903. The fourth-order valence-electron chi connectivity index (χ4n) is 3.95. The van der Waals surface area contributed by atoms with Crippen molar-refractivity contribution in [2.75, 3.05) is 6.54 Å². The van der Waals surface area contributed by atoms with Crippen LogP contribution in [0, 0.1) is 11.8 Å². The average molecular weight is 271 g/mol. The highest BCUT2D eigenvalue weighted by atomic mass is 16.1. The van der Waals surface area contributed by atoms with Crippen molar-refractivity contribution in [1.29, 1.82) is 0 Å². The Morgan fingerprint density at radius 3 is 3.00 bits per heavy atom. The van der Waals surface area contributed by atoms with E-state index in [1.807, 2.05) is 6.07 Å². The molecule has 0 spiro atoms. The minimum absolute atomic E-state index is 0.0295. The number of fused-ring (bicyclic) bond motifs is 3.